The van der Waals surface area contributed by atoms with E-state index in [2.05, 4.69) is 31.3 Å². The van der Waals surface area contributed by atoms with E-state index in [0.29, 0.717) is 12.1 Å². The van der Waals surface area contributed by atoms with Crippen LogP contribution in [0.4, 0.5) is 5.82 Å². The molecule has 124 valence electrons. The number of esters is 1. The number of ether oxygens (including phenoxy) is 1. The van der Waals surface area contributed by atoms with Crippen LogP contribution in [0.25, 0.3) is 11.0 Å². The van der Waals surface area contributed by atoms with Crippen molar-refractivity contribution in [1.82, 2.24) is 19.5 Å². The number of aromatic nitrogens is 4. The summed E-state index contributed by atoms with van der Waals surface area (Å²) in [5, 5.41) is 1.07. The van der Waals surface area contributed by atoms with Crippen molar-refractivity contribution in [2.75, 3.05) is 18.6 Å². The van der Waals surface area contributed by atoms with Gasteiger partial charge in [0.05, 0.1) is 30.3 Å². The molecule has 0 aliphatic carbocycles. The topological polar surface area (TPSA) is 76.0 Å². The van der Waals surface area contributed by atoms with Crippen molar-refractivity contribution < 1.29 is 9.53 Å². The zero-order chi connectivity index (χ0) is 16.7. The first-order chi connectivity index (χ1) is 11.7. The Kier molecular flexibility index (Phi) is 3.48. The molecule has 1 aliphatic heterocycles. The van der Waals surface area contributed by atoms with Gasteiger partial charge in [-0.15, -0.1) is 0 Å². The zero-order valence-electron chi connectivity index (χ0n) is 13.7. The van der Waals surface area contributed by atoms with Crippen molar-refractivity contribution in [3.63, 3.8) is 0 Å². The standard InChI is InChI=1S/C17H19N5O2/c1-3-11-8-18-15-14(11)16(20-10-19-15)22-7-6-21-5-4-12(13(21)9-22)17(23)24-2/h4-5,8,10H,3,6-7,9H2,1-2H3,(H,18,19,20). The Morgan fingerprint density at radius 2 is 2.25 bits per heavy atom. The molecule has 1 N–H and O–H groups in total. The maximum atomic E-state index is 12.0. The minimum atomic E-state index is -0.297. The highest BCUT2D eigenvalue weighted by atomic mass is 16.5. The van der Waals surface area contributed by atoms with E-state index in [4.69, 9.17) is 4.74 Å². The molecule has 0 amide bonds. The van der Waals surface area contributed by atoms with E-state index in [1.807, 2.05) is 18.5 Å². The first-order valence-electron chi connectivity index (χ1n) is 8.05. The normalized spacial score (nSPS) is 14.0. The van der Waals surface area contributed by atoms with Crippen molar-refractivity contribution in [3.8, 4) is 0 Å². The van der Waals surface area contributed by atoms with Crippen LogP contribution >= 0.6 is 0 Å². The van der Waals surface area contributed by atoms with E-state index in [-0.39, 0.29) is 5.97 Å². The van der Waals surface area contributed by atoms with Crippen molar-refractivity contribution in [2.45, 2.75) is 26.4 Å². The van der Waals surface area contributed by atoms with Crippen molar-refractivity contribution in [1.29, 1.82) is 0 Å². The van der Waals surface area contributed by atoms with Gasteiger partial charge in [-0.3, -0.25) is 0 Å². The van der Waals surface area contributed by atoms with Crippen LogP contribution in [0.3, 0.4) is 0 Å². The summed E-state index contributed by atoms with van der Waals surface area (Å²) >= 11 is 0. The molecule has 4 rings (SSSR count). The van der Waals surface area contributed by atoms with Gasteiger partial charge in [0.25, 0.3) is 0 Å². The number of H-pyrrole nitrogens is 1. The van der Waals surface area contributed by atoms with E-state index in [9.17, 15) is 4.79 Å². The number of hydrogen-bond donors (Lipinski definition) is 1. The number of hydrogen-bond acceptors (Lipinski definition) is 5. The van der Waals surface area contributed by atoms with Gasteiger partial charge >= 0.3 is 5.97 Å². The molecular weight excluding hydrogens is 306 g/mol. The minimum absolute atomic E-state index is 0.297. The number of nitrogens with one attached hydrogen (secondary N) is 1. The number of carbonyl (C=O) groups is 1. The number of aryl methyl sites for hydroxylation is 1. The summed E-state index contributed by atoms with van der Waals surface area (Å²) in [7, 11) is 1.41. The van der Waals surface area contributed by atoms with E-state index in [0.717, 1.165) is 42.1 Å². The Hall–Kier alpha value is -2.83. The largest absolute Gasteiger partial charge is 0.465 e. The molecule has 0 atom stereocenters. The van der Waals surface area contributed by atoms with Gasteiger partial charge in [-0.2, -0.15) is 0 Å². The molecule has 0 saturated heterocycles. The Balaban J connectivity index is 1.76. The summed E-state index contributed by atoms with van der Waals surface area (Å²) in [5.74, 6) is 0.621. The van der Waals surface area contributed by atoms with Crippen LogP contribution in [0, 0.1) is 0 Å². The summed E-state index contributed by atoms with van der Waals surface area (Å²) in [5.41, 5.74) is 3.64. The van der Waals surface area contributed by atoms with Crippen molar-refractivity contribution >= 4 is 22.8 Å². The molecule has 0 spiro atoms. The minimum Gasteiger partial charge on any atom is -0.465 e. The fourth-order valence-electron chi connectivity index (χ4n) is 3.38. The van der Waals surface area contributed by atoms with Crippen LogP contribution < -0.4 is 4.90 Å². The first-order valence-corrected chi connectivity index (χ1v) is 8.05. The average molecular weight is 325 g/mol. The van der Waals surface area contributed by atoms with Gasteiger partial charge in [0.2, 0.25) is 0 Å². The number of fused-ring (bicyclic) bond motifs is 2. The van der Waals surface area contributed by atoms with Gasteiger partial charge in [-0.1, -0.05) is 6.92 Å². The quantitative estimate of drug-likeness (QED) is 0.747. The molecule has 0 unspecified atom stereocenters. The van der Waals surface area contributed by atoms with Crippen molar-refractivity contribution in [3.05, 3.63) is 41.6 Å². The summed E-state index contributed by atoms with van der Waals surface area (Å²) in [6, 6.07) is 1.83. The van der Waals surface area contributed by atoms with E-state index in [1.165, 1.54) is 12.7 Å². The van der Waals surface area contributed by atoms with Crippen LogP contribution in [0.5, 0.6) is 0 Å². The molecule has 0 radical (unpaired) electrons. The fraction of sp³-hybridized carbons (Fsp3) is 0.353. The Labute approximate surface area is 139 Å². The molecule has 0 aromatic carbocycles. The number of nitrogens with zero attached hydrogens (tertiary/aromatic N) is 4. The van der Waals surface area contributed by atoms with Crippen LogP contribution in [0.15, 0.2) is 24.8 Å². The molecule has 0 bridgehead atoms. The Morgan fingerprint density at radius 1 is 1.38 bits per heavy atom. The average Bonchev–Trinajstić information content (AvgIpc) is 3.24. The highest BCUT2D eigenvalue weighted by Crippen LogP contribution is 2.30. The van der Waals surface area contributed by atoms with Crippen LogP contribution in [-0.4, -0.2) is 39.1 Å². The molecule has 7 nitrogen and oxygen atoms in total. The molecule has 3 aromatic heterocycles. The number of methoxy groups -OCH3 is 1. The summed E-state index contributed by atoms with van der Waals surface area (Å²) < 4.78 is 7.00. The molecule has 1 aliphatic rings. The molecule has 0 fully saturated rings. The molecule has 3 aromatic rings. The summed E-state index contributed by atoms with van der Waals surface area (Å²) in [6.07, 6.45) is 6.44. The second-order valence-electron chi connectivity index (χ2n) is 5.87. The van der Waals surface area contributed by atoms with Crippen LogP contribution in [-0.2, 0) is 24.2 Å². The number of anilines is 1. The lowest BCUT2D eigenvalue weighted by Crippen LogP contribution is -2.34. The lowest BCUT2D eigenvalue weighted by atomic mass is 10.1. The Bertz CT molecular complexity index is 911. The van der Waals surface area contributed by atoms with E-state index < -0.39 is 0 Å². The monoisotopic (exact) mass is 325 g/mol. The van der Waals surface area contributed by atoms with Gasteiger partial charge in [-0.25, -0.2) is 14.8 Å². The van der Waals surface area contributed by atoms with E-state index >= 15 is 0 Å². The van der Waals surface area contributed by atoms with Crippen molar-refractivity contribution in [2.24, 2.45) is 0 Å². The molecule has 7 heteroatoms. The van der Waals surface area contributed by atoms with Gasteiger partial charge in [0, 0.05) is 25.5 Å². The smallest absolute Gasteiger partial charge is 0.339 e. The van der Waals surface area contributed by atoms with E-state index in [1.54, 1.807) is 6.33 Å². The maximum Gasteiger partial charge on any atom is 0.339 e. The molecular formula is C17H19N5O2. The highest BCUT2D eigenvalue weighted by Gasteiger charge is 2.25. The van der Waals surface area contributed by atoms with Gasteiger partial charge in [0.1, 0.15) is 17.8 Å². The second-order valence-corrected chi connectivity index (χ2v) is 5.87. The predicted octanol–water partition coefficient (Wildman–Crippen LogP) is 2.13. The third-order valence-corrected chi connectivity index (χ3v) is 4.65. The third kappa shape index (κ3) is 2.16. The fourth-order valence-corrected chi connectivity index (χ4v) is 3.38. The maximum absolute atomic E-state index is 12.0. The number of rotatable bonds is 3. The lowest BCUT2D eigenvalue weighted by Gasteiger charge is -2.30. The zero-order valence-corrected chi connectivity index (χ0v) is 13.7. The molecule has 24 heavy (non-hydrogen) atoms. The number of aromatic amines is 1. The third-order valence-electron chi connectivity index (χ3n) is 4.65. The van der Waals surface area contributed by atoms with Gasteiger partial charge in [0.15, 0.2) is 0 Å². The van der Waals surface area contributed by atoms with Gasteiger partial charge < -0.3 is 19.2 Å². The SMILES string of the molecule is CCc1c[nH]c2ncnc(N3CCn4ccc(C(=O)OC)c4C3)c12. The Morgan fingerprint density at radius 3 is 3.04 bits per heavy atom. The van der Waals surface area contributed by atoms with Crippen LogP contribution in [0.2, 0.25) is 0 Å². The predicted molar refractivity (Wildman–Crippen MR) is 90.1 cm³/mol. The second kappa shape index (κ2) is 5.67. The number of carbonyl (C=O) groups excluding carboxylic acids is 1. The molecule has 4 heterocycles. The lowest BCUT2D eigenvalue weighted by molar-refractivity contribution is 0.0599. The first kappa shape index (κ1) is 14.7. The molecule has 0 saturated carbocycles. The van der Waals surface area contributed by atoms with Crippen LogP contribution in [0.1, 0.15) is 28.5 Å². The summed E-state index contributed by atoms with van der Waals surface area (Å²) in [6.45, 7) is 4.39. The highest BCUT2D eigenvalue weighted by molar-refractivity contribution is 5.92. The summed E-state index contributed by atoms with van der Waals surface area (Å²) in [4.78, 5) is 26.3. The van der Waals surface area contributed by atoms with Gasteiger partial charge in [-0.05, 0) is 18.1 Å².